The van der Waals surface area contributed by atoms with Crippen LogP contribution in [0.4, 0.5) is 19.0 Å². The van der Waals surface area contributed by atoms with Gasteiger partial charge in [-0.25, -0.2) is 18.1 Å². The Labute approximate surface area is 159 Å². The number of sulfonamides is 1. The van der Waals surface area contributed by atoms with Crippen molar-refractivity contribution in [3.63, 3.8) is 0 Å². The van der Waals surface area contributed by atoms with Gasteiger partial charge in [0.25, 0.3) is 0 Å². The zero-order chi connectivity index (χ0) is 19.9. The molecule has 0 saturated carbocycles. The zero-order valence-electron chi connectivity index (χ0n) is 14.4. The van der Waals surface area contributed by atoms with E-state index in [0.717, 1.165) is 18.3 Å². The number of nitrogens with one attached hydrogen (secondary N) is 1. The highest BCUT2D eigenvalue weighted by atomic mass is 32.2. The minimum atomic E-state index is -4.46. The number of pyridine rings is 1. The Morgan fingerprint density at radius 1 is 1.07 bits per heavy atom. The van der Waals surface area contributed by atoms with E-state index in [2.05, 4.69) is 9.71 Å². The first-order valence-corrected chi connectivity index (χ1v) is 9.91. The van der Waals surface area contributed by atoms with Gasteiger partial charge in [-0.3, -0.25) is 0 Å². The number of fused-ring (bicyclic) bond motifs is 1. The van der Waals surface area contributed by atoms with Gasteiger partial charge in [-0.1, -0.05) is 0 Å². The number of anilines is 1. The molecule has 150 valence electrons. The lowest BCUT2D eigenvalue weighted by molar-refractivity contribution is -0.137. The lowest BCUT2D eigenvalue weighted by Gasteiger charge is -2.40. The van der Waals surface area contributed by atoms with Gasteiger partial charge in [-0.15, -0.1) is 0 Å². The highest BCUT2D eigenvalue weighted by molar-refractivity contribution is 7.89. The van der Waals surface area contributed by atoms with Crippen LogP contribution in [-0.2, 0) is 16.2 Å². The van der Waals surface area contributed by atoms with Crippen LogP contribution in [-0.4, -0.2) is 45.7 Å². The van der Waals surface area contributed by atoms with E-state index in [4.69, 9.17) is 9.47 Å². The highest BCUT2D eigenvalue weighted by Crippen LogP contribution is 2.33. The highest BCUT2D eigenvalue weighted by Gasteiger charge is 2.35. The second-order valence-electron chi connectivity index (χ2n) is 6.43. The third-order valence-electron chi connectivity index (χ3n) is 4.42. The summed E-state index contributed by atoms with van der Waals surface area (Å²) in [5.74, 6) is 0.998. The summed E-state index contributed by atoms with van der Waals surface area (Å²) in [5.41, 5.74) is -0.794. The summed E-state index contributed by atoms with van der Waals surface area (Å²) in [7, 11) is -3.80. The van der Waals surface area contributed by atoms with Gasteiger partial charge in [0.05, 0.1) is 16.5 Å². The molecule has 7 nitrogen and oxygen atoms in total. The van der Waals surface area contributed by atoms with Crippen molar-refractivity contribution in [3.05, 3.63) is 42.1 Å². The predicted molar refractivity (Wildman–Crippen MR) is 93.0 cm³/mol. The van der Waals surface area contributed by atoms with Crippen molar-refractivity contribution in [1.82, 2.24) is 9.71 Å². The Morgan fingerprint density at radius 2 is 1.79 bits per heavy atom. The standard InChI is InChI=1S/C17H16F3N3O4S/c18-17(19,20)11-3-4-21-16(7-11)23-9-12(10-23)22-28(24,25)13-1-2-14-15(8-13)27-6-5-26-14/h1-4,7-8,12,22H,5-6,9-10H2. The second kappa shape index (κ2) is 6.82. The number of hydrogen-bond donors (Lipinski definition) is 1. The second-order valence-corrected chi connectivity index (χ2v) is 8.14. The summed E-state index contributed by atoms with van der Waals surface area (Å²) in [6.07, 6.45) is -3.37. The SMILES string of the molecule is O=S(=O)(NC1CN(c2cc(C(F)(F)F)ccn2)C1)c1ccc2c(c1)OCCO2. The van der Waals surface area contributed by atoms with E-state index in [0.29, 0.717) is 24.7 Å². The molecule has 3 heterocycles. The number of aromatic nitrogens is 1. The van der Waals surface area contributed by atoms with Crippen LogP contribution in [0.3, 0.4) is 0 Å². The molecular formula is C17H16F3N3O4S. The molecule has 2 aliphatic heterocycles. The monoisotopic (exact) mass is 415 g/mol. The maximum Gasteiger partial charge on any atom is 0.416 e. The molecule has 28 heavy (non-hydrogen) atoms. The van der Waals surface area contributed by atoms with Crippen LogP contribution in [0, 0.1) is 0 Å². The van der Waals surface area contributed by atoms with Gasteiger partial charge in [0.2, 0.25) is 10.0 Å². The summed E-state index contributed by atoms with van der Waals surface area (Å²) < 4.78 is 76.8. The number of halogens is 3. The van der Waals surface area contributed by atoms with E-state index in [9.17, 15) is 21.6 Å². The molecule has 0 amide bonds. The zero-order valence-corrected chi connectivity index (χ0v) is 15.3. The molecule has 4 rings (SSSR count). The third-order valence-corrected chi connectivity index (χ3v) is 5.94. The van der Waals surface area contributed by atoms with Gasteiger partial charge in [0.1, 0.15) is 19.0 Å². The minimum Gasteiger partial charge on any atom is -0.486 e. The van der Waals surface area contributed by atoms with Gasteiger partial charge in [0, 0.05) is 25.4 Å². The molecule has 0 atom stereocenters. The lowest BCUT2D eigenvalue weighted by atomic mass is 10.1. The number of alkyl halides is 3. The van der Waals surface area contributed by atoms with Crippen molar-refractivity contribution in [2.75, 3.05) is 31.2 Å². The molecule has 0 aliphatic carbocycles. The fraction of sp³-hybridized carbons (Fsp3) is 0.353. The smallest absolute Gasteiger partial charge is 0.416 e. The van der Waals surface area contributed by atoms with Crippen molar-refractivity contribution in [2.24, 2.45) is 0 Å². The average Bonchev–Trinajstić information content (AvgIpc) is 2.63. The molecule has 1 N–H and O–H groups in total. The van der Waals surface area contributed by atoms with Crippen LogP contribution in [0.15, 0.2) is 41.4 Å². The number of rotatable bonds is 4. The molecule has 1 saturated heterocycles. The molecule has 1 aromatic heterocycles. The Kier molecular flexibility index (Phi) is 4.58. The first-order valence-electron chi connectivity index (χ1n) is 8.42. The van der Waals surface area contributed by atoms with Crippen LogP contribution >= 0.6 is 0 Å². The lowest BCUT2D eigenvalue weighted by Crippen LogP contribution is -2.59. The molecule has 0 spiro atoms. The van der Waals surface area contributed by atoms with Crippen molar-refractivity contribution >= 4 is 15.8 Å². The number of benzene rings is 1. The fourth-order valence-corrected chi connectivity index (χ4v) is 4.22. The Morgan fingerprint density at radius 3 is 2.50 bits per heavy atom. The summed E-state index contributed by atoms with van der Waals surface area (Å²) in [6.45, 7) is 1.18. The normalized spacial score (nSPS) is 17.3. The summed E-state index contributed by atoms with van der Waals surface area (Å²) in [5, 5.41) is 0. The van der Waals surface area contributed by atoms with Gasteiger partial charge < -0.3 is 14.4 Å². The summed E-state index contributed by atoms with van der Waals surface area (Å²) in [4.78, 5) is 5.54. The largest absolute Gasteiger partial charge is 0.486 e. The summed E-state index contributed by atoms with van der Waals surface area (Å²) in [6, 6.07) is 5.75. The van der Waals surface area contributed by atoms with Crippen molar-refractivity contribution < 1.29 is 31.1 Å². The van der Waals surface area contributed by atoms with Crippen molar-refractivity contribution in [1.29, 1.82) is 0 Å². The maximum absolute atomic E-state index is 12.8. The van der Waals surface area contributed by atoms with E-state index in [-0.39, 0.29) is 23.8 Å². The van der Waals surface area contributed by atoms with Gasteiger partial charge >= 0.3 is 6.18 Å². The van der Waals surface area contributed by atoms with Crippen LogP contribution in [0.5, 0.6) is 11.5 Å². The first-order chi connectivity index (χ1) is 13.2. The van der Waals surface area contributed by atoms with Gasteiger partial charge in [-0.05, 0) is 24.3 Å². The van der Waals surface area contributed by atoms with Crippen LogP contribution in [0.1, 0.15) is 5.56 Å². The molecule has 1 aromatic carbocycles. The molecule has 11 heteroatoms. The van der Waals surface area contributed by atoms with Crippen LogP contribution in [0.2, 0.25) is 0 Å². The van der Waals surface area contributed by atoms with E-state index in [1.165, 1.54) is 18.2 Å². The van der Waals surface area contributed by atoms with E-state index >= 15 is 0 Å². The minimum absolute atomic E-state index is 0.0346. The molecule has 0 bridgehead atoms. The topological polar surface area (TPSA) is 80.8 Å². The Balaban J connectivity index is 1.42. The van der Waals surface area contributed by atoms with E-state index in [1.807, 2.05) is 0 Å². The van der Waals surface area contributed by atoms with Gasteiger partial charge in [0.15, 0.2) is 11.5 Å². The fourth-order valence-electron chi connectivity index (χ4n) is 2.99. The molecule has 1 fully saturated rings. The van der Waals surface area contributed by atoms with E-state index in [1.54, 1.807) is 4.90 Å². The average molecular weight is 415 g/mol. The molecule has 2 aromatic rings. The van der Waals surface area contributed by atoms with Crippen molar-refractivity contribution in [3.8, 4) is 11.5 Å². The van der Waals surface area contributed by atoms with Crippen molar-refractivity contribution in [2.45, 2.75) is 17.1 Å². The summed E-state index contributed by atoms with van der Waals surface area (Å²) >= 11 is 0. The quantitative estimate of drug-likeness (QED) is 0.823. The number of ether oxygens (including phenoxy) is 2. The first kappa shape index (κ1) is 18.8. The molecule has 2 aliphatic rings. The number of nitrogens with zero attached hydrogens (tertiary/aromatic N) is 2. The molecular weight excluding hydrogens is 399 g/mol. The number of hydrogen-bond acceptors (Lipinski definition) is 6. The Hall–Kier alpha value is -2.53. The van der Waals surface area contributed by atoms with Crippen LogP contribution in [0.25, 0.3) is 0 Å². The Bertz CT molecular complexity index is 991. The molecule has 0 unspecified atom stereocenters. The van der Waals surface area contributed by atoms with Crippen LogP contribution < -0.4 is 19.1 Å². The molecule has 0 radical (unpaired) electrons. The van der Waals surface area contributed by atoms with Gasteiger partial charge in [-0.2, -0.15) is 13.2 Å². The predicted octanol–water partition coefficient (Wildman–Crippen LogP) is 2.04. The maximum atomic E-state index is 12.8. The van der Waals surface area contributed by atoms with E-state index < -0.39 is 27.8 Å². The third kappa shape index (κ3) is 3.72.